The van der Waals surface area contributed by atoms with Crippen molar-refractivity contribution >= 4 is 11.9 Å². The maximum absolute atomic E-state index is 10.5. The first kappa shape index (κ1) is 16.6. The summed E-state index contributed by atoms with van der Waals surface area (Å²) in [7, 11) is 0. The summed E-state index contributed by atoms with van der Waals surface area (Å²) in [4.78, 5) is 20.1. The number of hydrogen-bond donors (Lipinski definition) is 2. The Balaban J connectivity index is 0.000000459. The number of carboxylic acid groups (broad SMARTS) is 2. The third kappa shape index (κ3) is 8.37. The van der Waals surface area contributed by atoms with Crippen molar-refractivity contribution in [1.82, 2.24) is 0 Å². The van der Waals surface area contributed by atoms with Gasteiger partial charge in [-0.15, -0.1) is 0 Å². The number of carbonyl (C=O) groups is 2. The highest BCUT2D eigenvalue weighted by molar-refractivity contribution is 5.85. The van der Waals surface area contributed by atoms with Gasteiger partial charge in [-0.1, -0.05) is 43.0 Å². The van der Waals surface area contributed by atoms with Crippen molar-refractivity contribution in [2.24, 2.45) is 0 Å². The van der Waals surface area contributed by atoms with E-state index in [-0.39, 0.29) is 5.57 Å². The second-order valence-corrected chi connectivity index (χ2v) is 3.97. The maximum atomic E-state index is 10.5. The summed E-state index contributed by atoms with van der Waals surface area (Å²) < 4.78 is 0. The number of allylic oxidation sites excluding steroid dienone is 1. The molecule has 0 aliphatic carbocycles. The standard InChI is InChI=1S/C11H12O2.C4H6O2/c1-9(11(12)13)7-8-10-5-3-2-4-6-10;1-3(2)4(5)6/h2-7H,8H2,1H3,(H,12,13);1H2,2H3,(H,5,6)/b9-7+;. The Hall–Kier alpha value is -2.36. The summed E-state index contributed by atoms with van der Waals surface area (Å²) in [5.41, 5.74) is 1.70. The first-order valence-corrected chi connectivity index (χ1v) is 5.67. The maximum Gasteiger partial charge on any atom is 0.330 e. The van der Waals surface area contributed by atoms with E-state index >= 15 is 0 Å². The first-order valence-electron chi connectivity index (χ1n) is 5.67. The van der Waals surface area contributed by atoms with Crippen LogP contribution in [0.5, 0.6) is 0 Å². The minimum Gasteiger partial charge on any atom is -0.478 e. The summed E-state index contributed by atoms with van der Waals surface area (Å²) in [5, 5.41) is 16.5. The summed E-state index contributed by atoms with van der Waals surface area (Å²) in [5.74, 6) is -1.79. The Morgan fingerprint density at radius 3 is 1.95 bits per heavy atom. The molecule has 0 heterocycles. The van der Waals surface area contributed by atoms with Gasteiger partial charge < -0.3 is 10.2 Å². The summed E-state index contributed by atoms with van der Waals surface area (Å²) in [6, 6.07) is 9.78. The van der Waals surface area contributed by atoms with Crippen LogP contribution in [0.4, 0.5) is 0 Å². The lowest BCUT2D eigenvalue weighted by Crippen LogP contribution is -1.96. The van der Waals surface area contributed by atoms with Crippen molar-refractivity contribution in [1.29, 1.82) is 0 Å². The van der Waals surface area contributed by atoms with Crippen molar-refractivity contribution in [2.45, 2.75) is 20.3 Å². The Labute approximate surface area is 112 Å². The molecule has 2 N–H and O–H groups in total. The summed E-state index contributed by atoms with van der Waals surface area (Å²) in [6.07, 6.45) is 2.40. The molecule has 0 bridgehead atoms. The van der Waals surface area contributed by atoms with E-state index in [1.54, 1.807) is 13.0 Å². The summed E-state index contributed by atoms with van der Waals surface area (Å²) in [6.45, 7) is 6.20. The molecule has 0 aromatic heterocycles. The molecule has 0 unspecified atom stereocenters. The van der Waals surface area contributed by atoms with Crippen molar-refractivity contribution in [3.8, 4) is 0 Å². The molecule has 19 heavy (non-hydrogen) atoms. The van der Waals surface area contributed by atoms with Crippen LogP contribution in [0.25, 0.3) is 0 Å². The first-order chi connectivity index (χ1) is 8.84. The van der Waals surface area contributed by atoms with Gasteiger partial charge in [0.25, 0.3) is 0 Å². The summed E-state index contributed by atoms with van der Waals surface area (Å²) >= 11 is 0. The van der Waals surface area contributed by atoms with Gasteiger partial charge in [-0.25, -0.2) is 9.59 Å². The Kier molecular flexibility index (Phi) is 7.61. The van der Waals surface area contributed by atoms with Crippen molar-refractivity contribution < 1.29 is 19.8 Å². The zero-order valence-corrected chi connectivity index (χ0v) is 11.1. The molecule has 0 fully saturated rings. The zero-order chi connectivity index (χ0) is 14.8. The second kappa shape index (κ2) is 8.69. The van der Waals surface area contributed by atoms with E-state index < -0.39 is 11.9 Å². The van der Waals surface area contributed by atoms with Gasteiger partial charge in [-0.3, -0.25) is 0 Å². The normalized spacial score (nSPS) is 10.1. The topological polar surface area (TPSA) is 74.6 Å². The van der Waals surface area contributed by atoms with Crippen molar-refractivity contribution in [3.05, 3.63) is 59.7 Å². The van der Waals surface area contributed by atoms with Gasteiger partial charge in [0.05, 0.1) is 0 Å². The number of carboxylic acids is 2. The van der Waals surface area contributed by atoms with E-state index in [0.29, 0.717) is 12.0 Å². The molecule has 0 saturated heterocycles. The molecular formula is C15H18O4. The van der Waals surface area contributed by atoms with E-state index in [0.717, 1.165) is 5.56 Å². The van der Waals surface area contributed by atoms with Gasteiger partial charge in [0.1, 0.15) is 0 Å². The fourth-order valence-electron chi connectivity index (χ4n) is 0.972. The van der Waals surface area contributed by atoms with E-state index in [1.807, 2.05) is 30.3 Å². The molecule has 0 amide bonds. The van der Waals surface area contributed by atoms with Crippen LogP contribution in [0.2, 0.25) is 0 Å². The zero-order valence-electron chi connectivity index (χ0n) is 11.1. The SMILES string of the molecule is C/C(=C\Cc1ccccc1)C(=O)O.C=C(C)C(=O)O. The highest BCUT2D eigenvalue weighted by Gasteiger charge is 1.98. The van der Waals surface area contributed by atoms with Crippen molar-refractivity contribution in [2.75, 3.05) is 0 Å². The molecule has 4 nitrogen and oxygen atoms in total. The van der Waals surface area contributed by atoms with Gasteiger partial charge in [0.2, 0.25) is 0 Å². The number of hydrogen-bond acceptors (Lipinski definition) is 2. The van der Waals surface area contributed by atoms with Gasteiger partial charge in [-0.05, 0) is 25.8 Å². The third-order valence-electron chi connectivity index (χ3n) is 2.19. The van der Waals surface area contributed by atoms with Crippen LogP contribution in [0.1, 0.15) is 19.4 Å². The molecule has 1 rings (SSSR count). The minimum atomic E-state index is -0.935. The highest BCUT2D eigenvalue weighted by atomic mass is 16.4. The number of rotatable bonds is 4. The second-order valence-electron chi connectivity index (χ2n) is 3.97. The molecule has 1 aromatic rings. The van der Waals surface area contributed by atoms with E-state index in [2.05, 4.69) is 6.58 Å². The van der Waals surface area contributed by atoms with Crippen LogP contribution in [-0.2, 0) is 16.0 Å². The number of benzene rings is 1. The predicted octanol–water partition coefficient (Wildman–Crippen LogP) is 2.91. The molecule has 1 aromatic carbocycles. The van der Waals surface area contributed by atoms with Gasteiger partial charge in [0.15, 0.2) is 0 Å². The number of aliphatic carboxylic acids is 2. The molecule has 0 atom stereocenters. The highest BCUT2D eigenvalue weighted by Crippen LogP contribution is 2.02. The Bertz CT molecular complexity index is 460. The van der Waals surface area contributed by atoms with Crippen LogP contribution in [0.3, 0.4) is 0 Å². The van der Waals surface area contributed by atoms with Crippen LogP contribution in [0.15, 0.2) is 54.1 Å². The molecule has 0 aliphatic rings. The smallest absolute Gasteiger partial charge is 0.330 e. The fourth-order valence-corrected chi connectivity index (χ4v) is 0.972. The van der Waals surface area contributed by atoms with E-state index in [4.69, 9.17) is 10.2 Å². The van der Waals surface area contributed by atoms with Gasteiger partial charge in [0, 0.05) is 11.1 Å². The van der Waals surface area contributed by atoms with E-state index in [9.17, 15) is 9.59 Å². The van der Waals surface area contributed by atoms with Gasteiger partial charge in [-0.2, -0.15) is 0 Å². The molecular weight excluding hydrogens is 244 g/mol. The fraction of sp³-hybridized carbons (Fsp3) is 0.200. The van der Waals surface area contributed by atoms with Crippen LogP contribution in [0, 0.1) is 0 Å². The largest absolute Gasteiger partial charge is 0.478 e. The van der Waals surface area contributed by atoms with Crippen LogP contribution < -0.4 is 0 Å². The molecule has 0 aliphatic heterocycles. The molecule has 0 spiro atoms. The van der Waals surface area contributed by atoms with E-state index in [1.165, 1.54) is 6.92 Å². The predicted molar refractivity (Wildman–Crippen MR) is 74.0 cm³/mol. The molecule has 102 valence electrons. The Morgan fingerprint density at radius 1 is 1.11 bits per heavy atom. The molecule has 0 radical (unpaired) electrons. The quantitative estimate of drug-likeness (QED) is 0.818. The lowest BCUT2D eigenvalue weighted by atomic mass is 10.1. The average Bonchev–Trinajstić information content (AvgIpc) is 2.37. The Morgan fingerprint density at radius 2 is 1.58 bits per heavy atom. The average molecular weight is 262 g/mol. The monoisotopic (exact) mass is 262 g/mol. The van der Waals surface area contributed by atoms with Crippen LogP contribution in [-0.4, -0.2) is 22.2 Å². The lowest BCUT2D eigenvalue weighted by molar-refractivity contribution is -0.133. The lowest BCUT2D eigenvalue weighted by Gasteiger charge is -1.95. The van der Waals surface area contributed by atoms with Crippen LogP contribution >= 0.6 is 0 Å². The molecule has 0 saturated carbocycles. The van der Waals surface area contributed by atoms with Crippen molar-refractivity contribution in [3.63, 3.8) is 0 Å². The molecule has 4 heteroatoms. The third-order valence-corrected chi connectivity index (χ3v) is 2.19. The van der Waals surface area contributed by atoms with Gasteiger partial charge >= 0.3 is 11.9 Å². The minimum absolute atomic E-state index is 0.176.